The van der Waals surface area contributed by atoms with Crippen LogP contribution >= 0.6 is 0 Å². The van der Waals surface area contributed by atoms with E-state index >= 15 is 0 Å². The van der Waals surface area contributed by atoms with Gasteiger partial charge in [-0.3, -0.25) is 19.6 Å². The Bertz CT molecular complexity index is 2060. The molecule has 0 atom stereocenters. The van der Waals surface area contributed by atoms with E-state index in [2.05, 4.69) is 28.3 Å². The number of fused-ring (bicyclic) bond motifs is 2. The van der Waals surface area contributed by atoms with Crippen molar-refractivity contribution in [1.29, 1.82) is 0 Å². The summed E-state index contributed by atoms with van der Waals surface area (Å²) in [5.41, 5.74) is 3.59. The number of aromatic nitrogens is 4. The summed E-state index contributed by atoms with van der Waals surface area (Å²) in [5, 5.41) is 8.51. The van der Waals surface area contributed by atoms with E-state index in [1.54, 1.807) is 24.1 Å². The number of nitrogens with zero attached hydrogens (tertiary/aromatic N) is 6. The minimum absolute atomic E-state index is 0.00775. The summed E-state index contributed by atoms with van der Waals surface area (Å²) in [6.45, 7) is 14.2. The highest BCUT2D eigenvalue weighted by molar-refractivity contribution is 6.07. The van der Waals surface area contributed by atoms with E-state index in [9.17, 15) is 22.8 Å². The number of nitrogens with one attached hydrogen (secondary N) is 1. The fourth-order valence-corrected chi connectivity index (χ4v) is 8.15. The summed E-state index contributed by atoms with van der Waals surface area (Å²) in [5.74, 6) is 0.733. The van der Waals surface area contributed by atoms with Crippen molar-refractivity contribution >= 4 is 45.6 Å². The van der Waals surface area contributed by atoms with Crippen LogP contribution < -0.4 is 9.64 Å². The molecule has 3 aliphatic rings. The van der Waals surface area contributed by atoms with Crippen LogP contribution in [0, 0.1) is 12.3 Å². The molecule has 3 aliphatic heterocycles. The van der Waals surface area contributed by atoms with E-state index in [1.807, 2.05) is 30.0 Å². The lowest BCUT2D eigenvalue weighted by atomic mass is 9.72. The standard InChI is InChI=1S/C39H44F3N7O4/c1-5-25-18-27-34(35(53-23-39(40,41)42)33(25)32-24(4)8-9-29-28(32)19-43-46-29)44-36(26-10-14-47(15-11-26)20-31(51)52-7-3)45-37(27)48-16-12-38(13-17-48)21-49(22-38)30(50)6-2/h5-6,8-9,18-19,26H,1-2,7,10-17,20-23H2,3-4H3,(H,43,46). The van der Waals surface area contributed by atoms with Crippen molar-refractivity contribution in [2.45, 2.75) is 51.6 Å². The zero-order chi connectivity index (χ0) is 37.5. The number of carbonyl (C=O) groups is 2. The molecule has 53 heavy (non-hydrogen) atoms. The molecule has 0 radical (unpaired) electrons. The third-order valence-corrected chi connectivity index (χ3v) is 10.9. The third-order valence-electron chi connectivity index (χ3n) is 10.9. The second kappa shape index (κ2) is 14.4. The Labute approximate surface area is 305 Å². The Kier molecular flexibility index (Phi) is 9.92. The first-order valence-corrected chi connectivity index (χ1v) is 18.1. The molecule has 3 fully saturated rings. The van der Waals surface area contributed by atoms with Crippen LogP contribution in [0.1, 0.15) is 55.5 Å². The van der Waals surface area contributed by atoms with Crippen molar-refractivity contribution in [3.63, 3.8) is 0 Å². The number of alkyl halides is 3. The lowest BCUT2D eigenvalue weighted by Gasteiger charge is -2.54. The second-order valence-electron chi connectivity index (χ2n) is 14.4. The van der Waals surface area contributed by atoms with E-state index in [1.165, 1.54) is 6.08 Å². The van der Waals surface area contributed by atoms with Crippen LogP contribution in [-0.2, 0) is 14.3 Å². The molecule has 5 heterocycles. The number of amides is 1. The molecule has 14 heteroatoms. The fraction of sp³-hybridized carbons (Fsp3) is 0.462. The van der Waals surface area contributed by atoms with Gasteiger partial charge in [0, 0.05) is 53.8 Å². The number of rotatable bonds is 10. The highest BCUT2D eigenvalue weighted by Crippen LogP contribution is 2.48. The SMILES string of the molecule is C=CC(=O)N1CC2(CCN(c3nc(C4CCN(CC(=O)OCC)CC4)nc4c(OCC(F)(F)F)c(-c5c(C)ccc6[nH]ncc56)c(C=C)cc34)CC2)C1. The summed E-state index contributed by atoms with van der Waals surface area (Å²) in [4.78, 5) is 40.7. The van der Waals surface area contributed by atoms with Crippen molar-refractivity contribution in [2.75, 3.05) is 63.9 Å². The minimum Gasteiger partial charge on any atom is -0.481 e. The van der Waals surface area contributed by atoms with Crippen LogP contribution in [-0.4, -0.2) is 107 Å². The van der Waals surface area contributed by atoms with E-state index in [-0.39, 0.29) is 35.5 Å². The van der Waals surface area contributed by atoms with Gasteiger partial charge in [-0.2, -0.15) is 18.3 Å². The van der Waals surface area contributed by atoms with Crippen LogP contribution in [0.5, 0.6) is 5.75 Å². The number of likely N-dealkylation sites (tertiary alicyclic amines) is 2. The van der Waals surface area contributed by atoms with Gasteiger partial charge in [0.1, 0.15) is 17.2 Å². The Morgan fingerprint density at radius 1 is 1.06 bits per heavy atom. The maximum atomic E-state index is 14.0. The van der Waals surface area contributed by atoms with Crippen LogP contribution in [0.2, 0.25) is 0 Å². The van der Waals surface area contributed by atoms with Gasteiger partial charge in [-0.25, -0.2) is 9.97 Å². The van der Waals surface area contributed by atoms with Crippen LogP contribution in [0.25, 0.3) is 39.0 Å². The van der Waals surface area contributed by atoms with E-state index < -0.39 is 12.8 Å². The Morgan fingerprint density at radius 2 is 1.79 bits per heavy atom. The molecule has 0 aliphatic carbocycles. The zero-order valence-corrected chi connectivity index (χ0v) is 30.1. The van der Waals surface area contributed by atoms with Crippen molar-refractivity contribution in [2.24, 2.45) is 5.41 Å². The first-order chi connectivity index (χ1) is 25.4. The van der Waals surface area contributed by atoms with Gasteiger partial charge in [0.25, 0.3) is 0 Å². The van der Waals surface area contributed by atoms with Gasteiger partial charge in [0.05, 0.1) is 24.9 Å². The number of hydrogen-bond donors (Lipinski definition) is 1. The van der Waals surface area contributed by atoms with Crippen molar-refractivity contribution in [3.8, 4) is 16.9 Å². The number of aryl methyl sites for hydroxylation is 1. The summed E-state index contributed by atoms with van der Waals surface area (Å²) in [6, 6.07) is 5.70. The molecule has 11 nitrogen and oxygen atoms in total. The maximum Gasteiger partial charge on any atom is 0.422 e. The molecule has 1 spiro atoms. The number of esters is 1. The van der Waals surface area contributed by atoms with E-state index in [0.717, 1.165) is 29.3 Å². The number of anilines is 1. The largest absolute Gasteiger partial charge is 0.481 e. The van der Waals surface area contributed by atoms with Gasteiger partial charge in [0.15, 0.2) is 12.4 Å². The molecular weight excluding hydrogens is 687 g/mol. The average Bonchev–Trinajstić information content (AvgIpc) is 3.61. The molecule has 2 aromatic carbocycles. The molecule has 3 saturated heterocycles. The molecule has 4 aromatic rings. The first kappa shape index (κ1) is 36.4. The highest BCUT2D eigenvalue weighted by atomic mass is 19.4. The Morgan fingerprint density at radius 3 is 2.45 bits per heavy atom. The van der Waals surface area contributed by atoms with Crippen LogP contribution in [0.15, 0.2) is 43.6 Å². The molecule has 0 unspecified atom stereocenters. The van der Waals surface area contributed by atoms with Gasteiger partial charge in [-0.05, 0) is 87.5 Å². The predicted octanol–water partition coefficient (Wildman–Crippen LogP) is 6.42. The minimum atomic E-state index is -4.61. The Balaban J connectivity index is 1.35. The molecule has 7 rings (SSSR count). The van der Waals surface area contributed by atoms with Crippen molar-refractivity contribution in [3.05, 3.63) is 60.6 Å². The molecule has 2 aromatic heterocycles. The Hall–Kier alpha value is -4.98. The monoisotopic (exact) mass is 731 g/mol. The van der Waals surface area contributed by atoms with Gasteiger partial charge in [-0.15, -0.1) is 0 Å². The lowest BCUT2D eigenvalue weighted by Crippen LogP contribution is -2.61. The molecular formula is C39H44F3N7O4. The van der Waals surface area contributed by atoms with Crippen molar-refractivity contribution in [1.82, 2.24) is 30.0 Å². The number of ether oxygens (including phenoxy) is 2. The normalized spacial score (nSPS) is 18.0. The van der Waals surface area contributed by atoms with Crippen molar-refractivity contribution < 1.29 is 32.2 Å². The molecule has 0 saturated carbocycles. The molecule has 280 valence electrons. The zero-order valence-electron chi connectivity index (χ0n) is 30.1. The number of carbonyl (C=O) groups excluding carboxylic acids is 2. The quantitative estimate of drug-likeness (QED) is 0.146. The smallest absolute Gasteiger partial charge is 0.422 e. The second-order valence-corrected chi connectivity index (χ2v) is 14.4. The summed E-state index contributed by atoms with van der Waals surface area (Å²) < 4.78 is 53.0. The number of hydrogen-bond acceptors (Lipinski definition) is 9. The van der Waals surface area contributed by atoms with E-state index in [0.29, 0.717) is 98.0 Å². The van der Waals surface area contributed by atoms with Crippen LogP contribution in [0.4, 0.5) is 19.0 Å². The van der Waals surface area contributed by atoms with E-state index in [4.69, 9.17) is 19.4 Å². The summed E-state index contributed by atoms with van der Waals surface area (Å²) in [6.07, 6.45) is 3.00. The summed E-state index contributed by atoms with van der Waals surface area (Å²) in [7, 11) is 0. The molecule has 0 bridgehead atoms. The van der Waals surface area contributed by atoms with Gasteiger partial charge in [-0.1, -0.05) is 25.3 Å². The summed E-state index contributed by atoms with van der Waals surface area (Å²) >= 11 is 0. The van der Waals surface area contributed by atoms with Gasteiger partial charge in [0.2, 0.25) is 5.91 Å². The number of aromatic amines is 1. The van der Waals surface area contributed by atoms with Gasteiger partial charge >= 0.3 is 12.1 Å². The molecule has 1 N–H and O–H groups in total. The number of piperidine rings is 2. The predicted molar refractivity (Wildman–Crippen MR) is 197 cm³/mol. The lowest BCUT2D eigenvalue weighted by molar-refractivity contribution is -0.153. The third kappa shape index (κ3) is 7.20. The van der Waals surface area contributed by atoms with Gasteiger partial charge < -0.3 is 19.3 Å². The molecule has 1 amide bonds. The first-order valence-electron chi connectivity index (χ1n) is 18.1. The maximum absolute atomic E-state index is 14.0. The van der Waals surface area contributed by atoms with Crippen LogP contribution in [0.3, 0.4) is 0 Å². The average molecular weight is 732 g/mol. The topological polar surface area (TPSA) is 117 Å². The number of halogens is 3. The highest BCUT2D eigenvalue weighted by Gasteiger charge is 2.46. The fourth-order valence-electron chi connectivity index (χ4n) is 8.15. The number of benzene rings is 2. The number of H-pyrrole nitrogens is 1.